The highest BCUT2D eigenvalue weighted by Crippen LogP contribution is 2.25. The zero-order chi connectivity index (χ0) is 12.3. The summed E-state index contributed by atoms with van der Waals surface area (Å²) in [6, 6.07) is 11.4. The van der Waals surface area contributed by atoms with Crippen LogP contribution in [-0.2, 0) is 6.54 Å². The zero-order valence-electron chi connectivity index (χ0n) is 11.0. The lowest BCUT2D eigenvalue weighted by Gasteiger charge is -2.30. The number of rotatable bonds is 4. The van der Waals surface area contributed by atoms with Crippen LogP contribution < -0.4 is 5.73 Å². The van der Waals surface area contributed by atoms with Crippen molar-refractivity contribution in [2.75, 3.05) is 6.54 Å². The fraction of sp³-hybridized carbons (Fsp3) is 0.600. The molecule has 1 heterocycles. The van der Waals surface area contributed by atoms with E-state index in [1.54, 1.807) is 0 Å². The van der Waals surface area contributed by atoms with E-state index in [2.05, 4.69) is 49.1 Å². The molecule has 2 nitrogen and oxygen atoms in total. The Bertz CT molecular complexity index is 340. The van der Waals surface area contributed by atoms with E-state index in [1.807, 2.05) is 0 Å². The summed E-state index contributed by atoms with van der Waals surface area (Å²) in [4.78, 5) is 2.59. The molecule has 1 aromatic rings. The monoisotopic (exact) mass is 232 g/mol. The second kappa shape index (κ2) is 5.19. The van der Waals surface area contributed by atoms with Gasteiger partial charge in [0.15, 0.2) is 0 Å². The topological polar surface area (TPSA) is 29.3 Å². The average molecular weight is 232 g/mol. The van der Waals surface area contributed by atoms with E-state index < -0.39 is 0 Å². The van der Waals surface area contributed by atoms with Gasteiger partial charge in [-0.3, -0.25) is 4.90 Å². The highest BCUT2D eigenvalue weighted by Gasteiger charge is 2.28. The van der Waals surface area contributed by atoms with Gasteiger partial charge < -0.3 is 5.73 Å². The first kappa shape index (κ1) is 12.6. The lowest BCUT2D eigenvalue weighted by molar-refractivity contribution is 0.208. The van der Waals surface area contributed by atoms with Crippen LogP contribution in [0.15, 0.2) is 30.3 Å². The molecule has 0 aliphatic carbocycles. The minimum Gasteiger partial charge on any atom is -0.326 e. The highest BCUT2D eigenvalue weighted by molar-refractivity contribution is 5.14. The van der Waals surface area contributed by atoms with E-state index in [0.29, 0.717) is 6.04 Å². The maximum atomic E-state index is 6.14. The van der Waals surface area contributed by atoms with Crippen molar-refractivity contribution in [2.24, 2.45) is 5.73 Å². The molecule has 0 spiro atoms. The fourth-order valence-corrected chi connectivity index (χ4v) is 2.76. The number of benzene rings is 1. The Hall–Kier alpha value is -0.860. The Balaban J connectivity index is 1.96. The largest absolute Gasteiger partial charge is 0.326 e. The molecule has 2 heteroatoms. The maximum absolute atomic E-state index is 6.14. The van der Waals surface area contributed by atoms with Crippen LogP contribution in [0.3, 0.4) is 0 Å². The molecule has 1 atom stereocenters. The normalized spacial score (nSPS) is 21.9. The van der Waals surface area contributed by atoms with Gasteiger partial charge in [0.25, 0.3) is 0 Å². The minimum atomic E-state index is -0.0516. The molecule has 0 radical (unpaired) electrons. The molecule has 1 fully saturated rings. The smallest absolute Gasteiger partial charge is 0.0236 e. The first-order valence-electron chi connectivity index (χ1n) is 6.61. The predicted octanol–water partition coefficient (Wildman–Crippen LogP) is 2.78. The maximum Gasteiger partial charge on any atom is 0.0236 e. The molecule has 1 aromatic carbocycles. The molecule has 0 saturated carbocycles. The van der Waals surface area contributed by atoms with Crippen molar-refractivity contribution in [2.45, 2.75) is 51.2 Å². The molecule has 94 valence electrons. The molecule has 0 aromatic heterocycles. The third-order valence-electron chi connectivity index (χ3n) is 3.49. The molecule has 2 N–H and O–H groups in total. The van der Waals surface area contributed by atoms with E-state index in [1.165, 1.54) is 24.9 Å². The van der Waals surface area contributed by atoms with E-state index in [4.69, 9.17) is 5.73 Å². The molecule has 1 unspecified atom stereocenters. The van der Waals surface area contributed by atoms with E-state index in [0.717, 1.165) is 13.0 Å². The summed E-state index contributed by atoms with van der Waals surface area (Å²) in [5.74, 6) is 0. The SMILES string of the molecule is CC(C)(N)CC1CCCN1Cc1ccccc1. The minimum absolute atomic E-state index is 0.0516. The third kappa shape index (κ3) is 3.83. The van der Waals surface area contributed by atoms with Crippen molar-refractivity contribution < 1.29 is 0 Å². The predicted molar refractivity (Wildman–Crippen MR) is 72.8 cm³/mol. The molecule has 1 aliphatic rings. The Morgan fingerprint density at radius 1 is 1.29 bits per heavy atom. The summed E-state index contributed by atoms with van der Waals surface area (Å²) in [6.45, 7) is 6.55. The summed E-state index contributed by atoms with van der Waals surface area (Å²) in [5.41, 5.74) is 7.50. The molecule has 0 bridgehead atoms. The molecular weight excluding hydrogens is 208 g/mol. The summed E-state index contributed by atoms with van der Waals surface area (Å²) in [5, 5.41) is 0. The first-order valence-corrected chi connectivity index (χ1v) is 6.61. The van der Waals surface area contributed by atoms with Gasteiger partial charge in [0.2, 0.25) is 0 Å². The van der Waals surface area contributed by atoms with Crippen molar-refractivity contribution in [3.63, 3.8) is 0 Å². The van der Waals surface area contributed by atoms with Crippen LogP contribution in [0.1, 0.15) is 38.7 Å². The number of nitrogens with zero attached hydrogens (tertiary/aromatic N) is 1. The van der Waals surface area contributed by atoms with Gasteiger partial charge in [-0.1, -0.05) is 30.3 Å². The van der Waals surface area contributed by atoms with Crippen LogP contribution in [0.4, 0.5) is 0 Å². The summed E-state index contributed by atoms with van der Waals surface area (Å²) < 4.78 is 0. The molecule has 1 saturated heterocycles. The first-order chi connectivity index (χ1) is 8.04. The molecular formula is C15H24N2. The van der Waals surface area contributed by atoms with Crippen LogP contribution >= 0.6 is 0 Å². The standard InChI is InChI=1S/C15H24N2/c1-15(2,16)11-14-9-6-10-17(14)12-13-7-4-3-5-8-13/h3-5,7-8,14H,6,9-12,16H2,1-2H3. The van der Waals surface area contributed by atoms with Gasteiger partial charge in [0.1, 0.15) is 0 Å². The highest BCUT2D eigenvalue weighted by atomic mass is 15.2. The summed E-state index contributed by atoms with van der Waals surface area (Å²) >= 11 is 0. The van der Waals surface area contributed by atoms with Crippen molar-refractivity contribution in [1.29, 1.82) is 0 Å². The number of nitrogens with two attached hydrogens (primary N) is 1. The van der Waals surface area contributed by atoms with Crippen molar-refractivity contribution in [3.8, 4) is 0 Å². The Morgan fingerprint density at radius 2 is 2.00 bits per heavy atom. The number of likely N-dealkylation sites (tertiary alicyclic amines) is 1. The number of hydrogen-bond donors (Lipinski definition) is 1. The summed E-state index contributed by atoms with van der Waals surface area (Å²) in [7, 11) is 0. The van der Waals surface area contributed by atoms with Gasteiger partial charge in [-0.15, -0.1) is 0 Å². The van der Waals surface area contributed by atoms with Gasteiger partial charge in [-0.05, 0) is 45.2 Å². The van der Waals surface area contributed by atoms with Crippen LogP contribution in [0.25, 0.3) is 0 Å². The Morgan fingerprint density at radius 3 is 2.65 bits per heavy atom. The lowest BCUT2D eigenvalue weighted by atomic mass is 9.95. The fourth-order valence-electron chi connectivity index (χ4n) is 2.76. The number of hydrogen-bond acceptors (Lipinski definition) is 2. The van der Waals surface area contributed by atoms with Gasteiger partial charge in [-0.2, -0.15) is 0 Å². The Kier molecular flexibility index (Phi) is 3.85. The van der Waals surface area contributed by atoms with Crippen molar-refractivity contribution >= 4 is 0 Å². The summed E-state index contributed by atoms with van der Waals surface area (Å²) in [6.07, 6.45) is 3.71. The quantitative estimate of drug-likeness (QED) is 0.865. The van der Waals surface area contributed by atoms with Crippen LogP contribution in [-0.4, -0.2) is 23.0 Å². The van der Waals surface area contributed by atoms with Crippen molar-refractivity contribution in [3.05, 3.63) is 35.9 Å². The van der Waals surface area contributed by atoms with E-state index >= 15 is 0 Å². The van der Waals surface area contributed by atoms with Gasteiger partial charge in [0, 0.05) is 18.1 Å². The Labute approximate surface area is 105 Å². The van der Waals surface area contributed by atoms with Gasteiger partial charge in [0.05, 0.1) is 0 Å². The van der Waals surface area contributed by atoms with Crippen LogP contribution in [0.5, 0.6) is 0 Å². The molecule has 17 heavy (non-hydrogen) atoms. The molecule has 0 amide bonds. The average Bonchev–Trinajstić information content (AvgIpc) is 2.65. The second-order valence-corrected chi connectivity index (χ2v) is 5.94. The second-order valence-electron chi connectivity index (χ2n) is 5.94. The zero-order valence-corrected chi connectivity index (χ0v) is 11.0. The van der Waals surface area contributed by atoms with E-state index in [-0.39, 0.29) is 5.54 Å². The third-order valence-corrected chi connectivity index (χ3v) is 3.49. The molecule has 2 rings (SSSR count). The van der Waals surface area contributed by atoms with Gasteiger partial charge >= 0.3 is 0 Å². The molecule has 1 aliphatic heterocycles. The van der Waals surface area contributed by atoms with E-state index in [9.17, 15) is 0 Å². The van der Waals surface area contributed by atoms with Crippen LogP contribution in [0.2, 0.25) is 0 Å². The van der Waals surface area contributed by atoms with Crippen molar-refractivity contribution in [1.82, 2.24) is 4.90 Å². The van der Waals surface area contributed by atoms with Gasteiger partial charge in [-0.25, -0.2) is 0 Å². The van der Waals surface area contributed by atoms with Crippen LogP contribution in [0, 0.1) is 0 Å². The lowest BCUT2D eigenvalue weighted by Crippen LogP contribution is -2.41.